The summed E-state index contributed by atoms with van der Waals surface area (Å²) in [4.78, 5) is 25.6. The number of hydrogen-bond donors (Lipinski definition) is 2. The zero-order valence-corrected chi connectivity index (χ0v) is 17.7. The van der Waals surface area contributed by atoms with Crippen molar-refractivity contribution in [1.29, 1.82) is 0 Å². The molecule has 0 saturated heterocycles. The van der Waals surface area contributed by atoms with Gasteiger partial charge in [0.2, 0.25) is 5.95 Å². The van der Waals surface area contributed by atoms with E-state index >= 15 is 0 Å². The van der Waals surface area contributed by atoms with Crippen LogP contribution in [0.3, 0.4) is 0 Å². The minimum absolute atomic E-state index is 0.107. The van der Waals surface area contributed by atoms with Gasteiger partial charge in [-0.3, -0.25) is 14.8 Å². The Balaban J connectivity index is 1.43. The monoisotopic (exact) mass is 409 g/mol. The van der Waals surface area contributed by atoms with E-state index in [2.05, 4.69) is 63.5 Å². The number of aromatic nitrogens is 3. The maximum Gasteiger partial charge on any atom is 0.255 e. The van der Waals surface area contributed by atoms with Crippen molar-refractivity contribution in [2.45, 2.75) is 18.7 Å². The molecule has 0 spiro atoms. The summed E-state index contributed by atoms with van der Waals surface area (Å²) in [6, 6.07) is 12.5. The average molecular weight is 410 g/mol. The second-order valence-electron chi connectivity index (χ2n) is 7.16. The quantitative estimate of drug-likeness (QED) is 0.501. The molecule has 2 N–H and O–H groups in total. The molecule has 6 nitrogen and oxygen atoms in total. The third kappa shape index (κ3) is 7.03. The Morgan fingerprint density at radius 3 is 2.66 bits per heavy atom. The molecule has 1 aromatic carbocycles. The maximum atomic E-state index is 12.3. The molecule has 0 radical (unpaired) electrons. The fourth-order valence-electron chi connectivity index (χ4n) is 2.97. The Bertz CT molecular complexity index is 959. The van der Waals surface area contributed by atoms with Gasteiger partial charge in [0.15, 0.2) is 0 Å². The predicted octanol–water partition coefficient (Wildman–Crippen LogP) is 3.16. The molecule has 7 heteroatoms. The van der Waals surface area contributed by atoms with Gasteiger partial charge in [-0.25, -0.2) is 4.98 Å². The minimum Gasteiger partial charge on any atom is -0.355 e. The van der Waals surface area contributed by atoms with E-state index in [-0.39, 0.29) is 5.56 Å². The average Bonchev–Trinajstić information content (AvgIpc) is 2.70. The van der Waals surface area contributed by atoms with Crippen LogP contribution in [0, 0.1) is 0 Å². The first-order valence-electron chi connectivity index (χ1n) is 9.61. The molecule has 0 fully saturated rings. The second kappa shape index (κ2) is 10.8. The highest BCUT2D eigenvalue weighted by atomic mass is 32.2. The highest BCUT2D eigenvalue weighted by Crippen LogP contribution is 2.14. The van der Waals surface area contributed by atoms with E-state index in [1.807, 2.05) is 23.9 Å². The number of rotatable bonds is 10. The Hall–Kier alpha value is -2.64. The molecule has 0 aliphatic heterocycles. The Kier molecular flexibility index (Phi) is 7.84. The van der Waals surface area contributed by atoms with Gasteiger partial charge in [-0.2, -0.15) is 11.8 Å². The van der Waals surface area contributed by atoms with E-state index < -0.39 is 0 Å². The summed E-state index contributed by atoms with van der Waals surface area (Å²) in [5.41, 5.74) is 4.25. The normalized spacial score (nSPS) is 11.0. The van der Waals surface area contributed by atoms with Crippen LogP contribution in [0.1, 0.15) is 22.3 Å². The van der Waals surface area contributed by atoms with Gasteiger partial charge in [-0.15, -0.1) is 0 Å². The van der Waals surface area contributed by atoms with E-state index in [1.165, 1.54) is 11.1 Å². The molecule has 2 aromatic heterocycles. The van der Waals surface area contributed by atoms with Crippen molar-refractivity contribution in [1.82, 2.24) is 19.9 Å². The van der Waals surface area contributed by atoms with Gasteiger partial charge in [-0.05, 0) is 42.9 Å². The van der Waals surface area contributed by atoms with Gasteiger partial charge < -0.3 is 10.2 Å². The number of aromatic amines is 1. The number of pyridine rings is 1. The summed E-state index contributed by atoms with van der Waals surface area (Å²) in [7, 11) is 4.16. The highest BCUT2D eigenvalue weighted by Gasteiger charge is 2.04. The van der Waals surface area contributed by atoms with Crippen molar-refractivity contribution in [3.05, 3.63) is 87.6 Å². The van der Waals surface area contributed by atoms with E-state index in [0.29, 0.717) is 17.9 Å². The molecule has 0 amide bonds. The number of nitrogens with zero attached hydrogens (tertiary/aromatic N) is 3. The lowest BCUT2D eigenvalue weighted by molar-refractivity contribution is 0.402. The highest BCUT2D eigenvalue weighted by molar-refractivity contribution is 7.98. The van der Waals surface area contributed by atoms with Crippen molar-refractivity contribution >= 4 is 17.7 Å². The van der Waals surface area contributed by atoms with Crippen molar-refractivity contribution in [3.63, 3.8) is 0 Å². The van der Waals surface area contributed by atoms with Crippen LogP contribution in [0.4, 0.5) is 5.95 Å². The van der Waals surface area contributed by atoms with E-state index in [4.69, 9.17) is 0 Å². The molecule has 3 rings (SSSR count). The van der Waals surface area contributed by atoms with Gasteiger partial charge in [0, 0.05) is 55.2 Å². The van der Waals surface area contributed by atoms with Crippen molar-refractivity contribution < 1.29 is 0 Å². The summed E-state index contributed by atoms with van der Waals surface area (Å²) >= 11 is 1.86. The lowest BCUT2D eigenvalue weighted by atomic mass is 10.1. The molecule has 0 unspecified atom stereocenters. The SMILES string of the molecule is CN(C)Cc1cccc(CSCCNc2ncc(Cc3ccncc3)c(=O)[nH]2)c1. The molecular formula is C22H27N5OS. The summed E-state index contributed by atoms with van der Waals surface area (Å²) in [6.07, 6.45) is 5.64. The summed E-state index contributed by atoms with van der Waals surface area (Å²) in [6.45, 7) is 1.70. The summed E-state index contributed by atoms with van der Waals surface area (Å²) in [5, 5.41) is 3.20. The van der Waals surface area contributed by atoms with Crippen LogP contribution in [0.5, 0.6) is 0 Å². The van der Waals surface area contributed by atoms with Gasteiger partial charge in [0.05, 0.1) is 0 Å². The number of H-pyrrole nitrogens is 1. The number of benzene rings is 1. The van der Waals surface area contributed by atoms with Crippen LogP contribution < -0.4 is 10.9 Å². The van der Waals surface area contributed by atoms with Gasteiger partial charge in [-0.1, -0.05) is 24.3 Å². The molecule has 0 aliphatic rings. The number of nitrogens with one attached hydrogen (secondary N) is 2. The van der Waals surface area contributed by atoms with Crippen molar-refractivity contribution in [3.8, 4) is 0 Å². The van der Waals surface area contributed by atoms with Crippen LogP contribution in [0.2, 0.25) is 0 Å². The fourth-order valence-corrected chi connectivity index (χ4v) is 3.78. The lowest BCUT2D eigenvalue weighted by Crippen LogP contribution is -2.18. The fraction of sp³-hybridized carbons (Fsp3) is 0.318. The third-order valence-electron chi connectivity index (χ3n) is 4.31. The molecule has 0 atom stereocenters. The third-order valence-corrected chi connectivity index (χ3v) is 5.35. The molecule has 0 aliphatic carbocycles. The van der Waals surface area contributed by atoms with Crippen LogP contribution >= 0.6 is 11.8 Å². The molecule has 2 heterocycles. The van der Waals surface area contributed by atoms with Crippen molar-refractivity contribution in [2.24, 2.45) is 0 Å². The molecule has 152 valence electrons. The maximum absolute atomic E-state index is 12.3. The topological polar surface area (TPSA) is 73.9 Å². The molecule has 3 aromatic rings. The van der Waals surface area contributed by atoms with E-state index in [1.54, 1.807) is 18.6 Å². The Morgan fingerprint density at radius 2 is 1.90 bits per heavy atom. The van der Waals surface area contributed by atoms with E-state index in [0.717, 1.165) is 30.2 Å². The van der Waals surface area contributed by atoms with Crippen LogP contribution in [0.25, 0.3) is 0 Å². The smallest absolute Gasteiger partial charge is 0.255 e. The summed E-state index contributed by atoms with van der Waals surface area (Å²) < 4.78 is 0. The van der Waals surface area contributed by atoms with Crippen molar-refractivity contribution in [2.75, 3.05) is 31.7 Å². The standard InChI is InChI=1S/C22H27N5OS/c1-27(2)15-18-4-3-5-19(12-18)16-29-11-10-24-22-25-14-20(21(28)26-22)13-17-6-8-23-9-7-17/h3-9,12,14H,10-11,13,15-16H2,1-2H3,(H2,24,25,26,28). The Morgan fingerprint density at radius 1 is 1.10 bits per heavy atom. The predicted molar refractivity (Wildman–Crippen MR) is 120 cm³/mol. The van der Waals surface area contributed by atoms with E-state index in [9.17, 15) is 4.79 Å². The van der Waals surface area contributed by atoms with Gasteiger partial charge in [0.25, 0.3) is 5.56 Å². The largest absolute Gasteiger partial charge is 0.355 e. The molecule has 0 saturated carbocycles. The number of anilines is 1. The van der Waals surface area contributed by atoms with Crippen LogP contribution in [-0.4, -0.2) is 46.2 Å². The zero-order valence-electron chi connectivity index (χ0n) is 16.9. The Labute approximate surface area is 175 Å². The molecular weight excluding hydrogens is 382 g/mol. The number of hydrogen-bond acceptors (Lipinski definition) is 6. The first kappa shape index (κ1) is 21.1. The second-order valence-corrected chi connectivity index (χ2v) is 8.26. The summed E-state index contributed by atoms with van der Waals surface area (Å²) in [5.74, 6) is 2.42. The van der Waals surface area contributed by atoms with Gasteiger partial charge in [0.1, 0.15) is 0 Å². The molecule has 0 bridgehead atoms. The van der Waals surface area contributed by atoms with Crippen LogP contribution in [0.15, 0.2) is 59.8 Å². The molecule has 29 heavy (non-hydrogen) atoms. The lowest BCUT2D eigenvalue weighted by Gasteiger charge is -2.11. The first-order chi connectivity index (χ1) is 14.1. The first-order valence-corrected chi connectivity index (χ1v) is 10.8. The number of thioether (sulfide) groups is 1. The van der Waals surface area contributed by atoms with Gasteiger partial charge >= 0.3 is 0 Å². The zero-order chi connectivity index (χ0) is 20.5. The van der Waals surface area contributed by atoms with Crippen LogP contribution in [-0.2, 0) is 18.7 Å². The minimum atomic E-state index is -0.107.